The van der Waals surface area contributed by atoms with Gasteiger partial charge in [0, 0.05) is 131 Å². The number of aryl methyl sites for hydroxylation is 2. The van der Waals surface area contributed by atoms with Gasteiger partial charge in [0.1, 0.15) is 23.3 Å². The third kappa shape index (κ3) is 9.12. The Morgan fingerprint density at radius 3 is 2.44 bits per heavy atom. The molecule has 1 unspecified atom stereocenters. The lowest BCUT2D eigenvalue weighted by Gasteiger charge is -2.43. The quantitative estimate of drug-likeness (QED) is 0.121. The van der Waals surface area contributed by atoms with E-state index in [1.165, 1.54) is 18.3 Å². The molecule has 346 valence electrons. The van der Waals surface area contributed by atoms with Crippen molar-refractivity contribution in [1.82, 2.24) is 39.5 Å². The summed E-state index contributed by atoms with van der Waals surface area (Å²) >= 11 is 0. The number of hydrogen-bond donors (Lipinski definition) is 3. The zero-order valence-corrected chi connectivity index (χ0v) is 38.4. The first-order valence-corrected chi connectivity index (χ1v) is 23.2. The standard InChI is InChI=1S/C50H59F2N11O3/c1-30-22-36(23-40(51)46(30)34-13-18-60(19-14-34)32(3)43-25-39-38(10-15-54-47(39)59(43)5)35-6-8-44(53-4)55-26-35)50(66)61-16-11-33(12-17-61)29-62-20-21-63(28-31(62)2)48-41(52)24-37(27-56-48)57-42-7-9-45(64)58-49(42)65/h6,8,10,13,15,22-27,31-33,42,57H,7,9,11-12,14,16-21,28-29H2,1-5H3,(H,53,55)(H,58,64,65)/t31-,32-,42?/m0/s1. The Labute approximate surface area is 384 Å². The Bertz CT molecular complexity index is 2650. The first-order valence-electron chi connectivity index (χ1n) is 23.2. The summed E-state index contributed by atoms with van der Waals surface area (Å²) in [5.41, 5.74) is 7.32. The van der Waals surface area contributed by atoms with Gasteiger partial charge in [-0.3, -0.25) is 29.5 Å². The SMILES string of the molecule is CNc1ccc(-c2ccnc3c2cc([C@H](C)N2CC=C(c4c(C)cc(C(=O)N5CCC(CN6CCN(c7ncc(NC8CCC(=O)NC8=O)cc7F)C[C@@H]6C)CC5)cc4F)CC2)n3C)cn1. The molecule has 0 aliphatic carbocycles. The molecule has 5 aromatic rings. The van der Waals surface area contributed by atoms with Crippen molar-refractivity contribution in [3.8, 4) is 11.1 Å². The number of hydrogen-bond acceptors (Lipinski definition) is 11. The van der Waals surface area contributed by atoms with Crippen molar-refractivity contribution >= 4 is 51.7 Å². The van der Waals surface area contributed by atoms with Gasteiger partial charge >= 0.3 is 0 Å². The minimum atomic E-state index is -0.612. The maximum absolute atomic E-state index is 16.1. The predicted molar refractivity (Wildman–Crippen MR) is 253 cm³/mol. The molecule has 3 saturated heterocycles. The summed E-state index contributed by atoms with van der Waals surface area (Å²) in [5, 5.41) is 9.46. The van der Waals surface area contributed by atoms with Crippen molar-refractivity contribution in [2.24, 2.45) is 13.0 Å². The molecule has 66 heavy (non-hydrogen) atoms. The molecule has 9 rings (SSSR count). The summed E-state index contributed by atoms with van der Waals surface area (Å²) in [5.74, 6) is -0.164. The summed E-state index contributed by atoms with van der Waals surface area (Å²) in [7, 11) is 3.92. The molecule has 1 aromatic carbocycles. The highest BCUT2D eigenvalue weighted by Gasteiger charge is 2.32. The first kappa shape index (κ1) is 44.9. The number of benzene rings is 1. The number of pyridine rings is 3. The molecule has 0 bridgehead atoms. The molecule has 8 heterocycles. The van der Waals surface area contributed by atoms with Gasteiger partial charge in [-0.25, -0.2) is 23.7 Å². The third-order valence-electron chi connectivity index (χ3n) is 14.2. The number of nitrogens with zero attached hydrogens (tertiary/aromatic N) is 8. The number of fused-ring (bicyclic) bond motifs is 1. The fourth-order valence-electron chi connectivity index (χ4n) is 10.4. The normalized spacial score (nSPS) is 20.6. The van der Waals surface area contributed by atoms with Gasteiger partial charge < -0.3 is 25.0 Å². The number of halogens is 2. The number of aromatic nitrogens is 4. The van der Waals surface area contributed by atoms with E-state index in [-0.39, 0.29) is 42.0 Å². The highest BCUT2D eigenvalue weighted by molar-refractivity contribution is 6.01. The first-order chi connectivity index (χ1) is 31.8. The van der Waals surface area contributed by atoms with Gasteiger partial charge in [0.15, 0.2) is 11.6 Å². The van der Waals surface area contributed by atoms with Crippen LogP contribution < -0.4 is 20.9 Å². The summed E-state index contributed by atoms with van der Waals surface area (Å²) in [6.07, 6.45) is 10.4. The average molecular weight is 900 g/mol. The molecule has 3 N–H and O–H groups in total. The number of rotatable bonds is 11. The van der Waals surface area contributed by atoms with E-state index in [1.807, 2.05) is 54.4 Å². The average Bonchev–Trinajstić information content (AvgIpc) is 3.66. The van der Waals surface area contributed by atoms with E-state index in [4.69, 9.17) is 4.98 Å². The molecule has 3 amide bonds. The topological polar surface area (TPSA) is 144 Å². The van der Waals surface area contributed by atoms with Crippen molar-refractivity contribution < 1.29 is 23.2 Å². The van der Waals surface area contributed by atoms with E-state index >= 15 is 8.78 Å². The van der Waals surface area contributed by atoms with Gasteiger partial charge in [-0.05, 0) is 105 Å². The lowest BCUT2D eigenvalue weighted by molar-refractivity contribution is -0.133. The molecule has 3 fully saturated rings. The van der Waals surface area contributed by atoms with Crippen LogP contribution >= 0.6 is 0 Å². The highest BCUT2D eigenvalue weighted by atomic mass is 19.1. The molecule has 3 atom stereocenters. The summed E-state index contributed by atoms with van der Waals surface area (Å²) in [6.45, 7) is 11.8. The monoisotopic (exact) mass is 899 g/mol. The van der Waals surface area contributed by atoms with Crippen LogP contribution in [0.3, 0.4) is 0 Å². The Morgan fingerprint density at radius 2 is 1.76 bits per heavy atom. The maximum Gasteiger partial charge on any atom is 0.253 e. The Hall–Kier alpha value is -6.26. The molecule has 0 saturated carbocycles. The second kappa shape index (κ2) is 18.9. The van der Waals surface area contributed by atoms with Crippen LogP contribution in [0.4, 0.5) is 26.1 Å². The van der Waals surface area contributed by atoms with E-state index in [0.29, 0.717) is 68.3 Å². The molecular weight excluding hydrogens is 841 g/mol. The minimum absolute atomic E-state index is 0.0982. The zero-order chi connectivity index (χ0) is 46.2. The zero-order valence-electron chi connectivity index (χ0n) is 38.4. The number of anilines is 3. The van der Waals surface area contributed by atoms with Crippen LogP contribution in [0.25, 0.3) is 27.7 Å². The number of imide groups is 1. The molecule has 4 aromatic heterocycles. The lowest BCUT2D eigenvalue weighted by atomic mass is 9.92. The van der Waals surface area contributed by atoms with Gasteiger partial charge in [0.05, 0.1) is 11.9 Å². The smallest absolute Gasteiger partial charge is 0.253 e. The Morgan fingerprint density at radius 1 is 0.939 bits per heavy atom. The maximum atomic E-state index is 16.1. The largest absolute Gasteiger partial charge is 0.373 e. The molecule has 4 aliphatic heterocycles. The number of nitrogens with one attached hydrogen (secondary N) is 3. The van der Waals surface area contributed by atoms with Crippen molar-refractivity contribution in [2.45, 2.75) is 71.0 Å². The summed E-state index contributed by atoms with van der Waals surface area (Å²) in [4.78, 5) is 59.8. The number of likely N-dealkylation sites (tertiary alicyclic amines) is 1. The van der Waals surface area contributed by atoms with Crippen molar-refractivity contribution in [2.75, 3.05) is 74.9 Å². The van der Waals surface area contributed by atoms with Crippen LogP contribution in [0, 0.1) is 24.5 Å². The number of carbonyl (C=O) groups is 3. The second-order valence-corrected chi connectivity index (χ2v) is 18.4. The second-order valence-electron chi connectivity index (χ2n) is 18.4. The van der Waals surface area contributed by atoms with Gasteiger partial charge in [0.2, 0.25) is 11.8 Å². The van der Waals surface area contributed by atoms with Crippen LogP contribution in [0.2, 0.25) is 0 Å². The summed E-state index contributed by atoms with van der Waals surface area (Å²) < 4.78 is 33.6. The third-order valence-corrected chi connectivity index (χ3v) is 14.2. The van der Waals surface area contributed by atoms with Crippen molar-refractivity contribution in [3.63, 3.8) is 0 Å². The van der Waals surface area contributed by atoms with Crippen LogP contribution in [-0.4, -0.2) is 123 Å². The van der Waals surface area contributed by atoms with Crippen molar-refractivity contribution in [3.05, 3.63) is 101 Å². The summed E-state index contributed by atoms with van der Waals surface area (Å²) in [6, 6.07) is 12.6. The van der Waals surface area contributed by atoms with Gasteiger partial charge in [0.25, 0.3) is 5.91 Å². The van der Waals surface area contributed by atoms with Gasteiger partial charge in [-0.15, -0.1) is 0 Å². The number of piperazine rings is 1. The van der Waals surface area contributed by atoms with Crippen LogP contribution in [0.1, 0.15) is 79.2 Å². The van der Waals surface area contributed by atoms with Crippen LogP contribution in [0.15, 0.2) is 67.1 Å². The Kier molecular flexibility index (Phi) is 12.9. The van der Waals surface area contributed by atoms with Crippen LogP contribution in [-0.2, 0) is 16.6 Å². The molecule has 14 nitrogen and oxygen atoms in total. The highest BCUT2D eigenvalue weighted by Crippen LogP contribution is 2.36. The molecule has 0 radical (unpaired) electrons. The lowest BCUT2D eigenvalue weighted by Crippen LogP contribution is -2.54. The van der Waals surface area contributed by atoms with E-state index in [9.17, 15) is 14.4 Å². The predicted octanol–water partition coefficient (Wildman–Crippen LogP) is 6.79. The number of amides is 3. The van der Waals surface area contributed by atoms with Gasteiger partial charge in [-0.1, -0.05) is 6.08 Å². The fraction of sp³-hybridized carbons (Fsp3) is 0.440. The van der Waals surface area contributed by atoms with E-state index in [2.05, 4.69) is 79.4 Å². The van der Waals surface area contributed by atoms with Crippen molar-refractivity contribution in [1.29, 1.82) is 0 Å². The molecule has 0 spiro atoms. The van der Waals surface area contributed by atoms with E-state index < -0.39 is 17.8 Å². The molecular formula is C50H59F2N11O3. The minimum Gasteiger partial charge on any atom is -0.373 e. The van der Waals surface area contributed by atoms with E-state index in [0.717, 1.165) is 77.3 Å². The number of piperidine rings is 2. The molecule has 16 heteroatoms. The number of carbonyl (C=O) groups excluding carboxylic acids is 3. The molecule has 4 aliphatic rings. The van der Waals surface area contributed by atoms with Crippen LogP contribution in [0.5, 0.6) is 0 Å². The van der Waals surface area contributed by atoms with E-state index in [1.54, 1.807) is 0 Å². The Balaban J connectivity index is 0.768. The fourth-order valence-corrected chi connectivity index (χ4v) is 10.4. The van der Waals surface area contributed by atoms with Gasteiger partial charge in [-0.2, -0.15) is 0 Å².